The number of nitrogens with one attached hydrogen (secondary N) is 1. The monoisotopic (exact) mass is 334 g/mol. The van der Waals surface area contributed by atoms with Crippen LogP contribution in [0.1, 0.15) is 23.9 Å². The van der Waals surface area contributed by atoms with E-state index in [0.29, 0.717) is 6.61 Å². The fourth-order valence-electron chi connectivity index (χ4n) is 1.84. The van der Waals surface area contributed by atoms with Gasteiger partial charge in [0, 0.05) is 11.0 Å². The van der Waals surface area contributed by atoms with E-state index in [1.54, 1.807) is 0 Å². The molecular weight excluding hydrogens is 316 g/mol. The number of benzene rings is 1. The van der Waals surface area contributed by atoms with Crippen LogP contribution in [0.4, 0.5) is 0 Å². The third-order valence-corrected chi connectivity index (χ3v) is 3.44. The van der Waals surface area contributed by atoms with Gasteiger partial charge in [-0.05, 0) is 43.3 Å². The fraction of sp³-hybridized carbons (Fsp3) is 0.312. The summed E-state index contributed by atoms with van der Waals surface area (Å²) in [5, 5.41) is 3.27. The minimum atomic E-state index is 0.483. The van der Waals surface area contributed by atoms with Crippen LogP contribution in [0.15, 0.2) is 40.9 Å². The molecule has 0 bridgehead atoms. The van der Waals surface area contributed by atoms with Gasteiger partial charge < -0.3 is 10.1 Å². The maximum Gasteiger partial charge on any atom is 0.130 e. The lowest BCUT2D eigenvalue weighted by Gasteiger charge is -2.10. The van der Waals surface area contributed by atoms with Crippen LogP contribution in [0.2, 0.25) is 0 Å². The molecule has 1 N–H and O–H groups in total. The van der Waals surface area contributed by atoms with Gasteiger partial charge in [-0.1, -0.05) is 35.0 Å². The molecule has 3 nitrogen and oxygen atoms in total. The number of hydrogen-bond donors (Lipinski definition) is 1. The lowest BCUT2D eigenvalue weighted by atomic mass is 10.2. The molecule has 0 unspecified atom stereocenters. The second-order valence-corrected chi connectivity index (χ2v) is 5.51. The van der Waals surface area contributed by atoms with Crippen molar-refractivity contribution >= 4 is 15.9 Å². The highest BCUT2D eigenvalue weighted by Gasteiger charge is 2.03. The predicted octanol–water partition coefficient (Wildman–Crippen LogP) is 3.84. The average molecular weight is 335 g/mol. The Balaban J connectivity index is 2.01. The number of hydrogen-bond acceptors (Lipinski definition) is 3. The molecule has 2 aromatic rings. The molecule has 0 saturated carbocycles. The van der Waals surface area contributed by atoms with Crippen LogP contribution in [0.3, 0.4) is 0 Å². The Kier molecular flexibility index (Phi) is 5.56. The van der Waals surface area contributed by atoms with Crippen molar-refractivity contribution in [3.63, 3.8) is 0 Å². The summed E-state index contributed by atoms with van der Waals surface area (Å²) in [4.78, 5) is 4.58. The molecule has 0 saturated heterocycles. The van der Waals surface area contributed by atoms with Crippen LogP contribution in [-0.2, 0) is 13.2 Å². The fourth-order valence-corrected chi connectivity index (χ4v) is 2.18. The van der Waals surface area contributed by atoms with E-state index in [1.807, 2.05) is 43.3 Å². The summed E-state index contributed by atoms with van der Waals surface area (Å²) in [6.07, 6.45) is 0. The molecule has 2 rings (SSSR count). The van der Waals surface area contributed by atoms with Gasteiger partial charge in [0.15, 0.2) is 0 Å². The lowest BCUT2D eigenvalue weighted by Crippen LogP contribution is -2.13. The van der Waals surface area contributed by atoms with E-state index in [4.69, 9.17) is 4.74 Å². The zero-order valence-corrected chi connectivity index (χ0v) is 13.4. The Hall–Kier alpha value is -1.39. The normalized spacial score (nSPS) is 10.6. The molecule has 0 amide bonds. The Labute approximate surface area is 128 Å². The summed E-state index contributed by atoms with van der Waals surface area (Å²) < 4.78 is 6.87. The molecule has 106 valence electrons. The first-order valence-corrected chi connectivity index (χ1v) is 7.53. The molecule has 0 aliphatic carbocycles. The highest BCUT2D eigenvalue weighted by atomic mass is 79.9. The Morgan fingerprint density at radius 3 is 2.80 bits per heavy atom. The number of pyridine rings is 1. The maximum atomic E-state index is 5.85. The Morgan fingerprint density at radius 1 is 1.20 bits per heavy atom. The third kappa shape index (κ3) is 4.32. The van der Waals surface area contributed by atoms with Crippen molar-refractivity contribution < 1.29 is 4.74 Å². The van der Waals surface area contributed by atoms with Gasteiger partial charge in [-0.25, -0.2) is 0 Å². The second kappa shape index (κ2) is 7.41. The topological polar surface area (TPSA) is 34.1 Å². The molecule has 0 fully saturated rings. The summed E-state index contributed by atoms with van der Waals surface area (Å²) in [6, 6.07) is 12.1. The lowest BCUT2D eigenvalue weighted by molar-refractivity contribution is 0.298. The molecule has 0 aliphatic heterocycles. The highest BCUT2D eigenvalue weighted by Crippen LogP contribution is 2.23. The number of ether oxygens (including phenoxy) is 1. The first kappa shape index (κ1) is 15.0. The second-order valence-electron chi connectivity index (χ2n) is 4.60. The van der Waals surface area contributed by atoms with Gasteiger partial charge in [0.2, 0.25) is 0 Å². The van der Waals surface area contributed by atoms with Gasteiger partial charge in [0.05, 0.1) is 11.4 Å². The van der Waals surface area contributed by atoms with Crippen molar-refractivity contribution in [2.75, 3.05) is 6.54 Å². The van der Waals surface area contributed by atoms with Crippen molar-refractivity contribution in [1.29, 1.82) is 0 Å². The Bertz CT molecular complexity index is 572. The predicted molar refractivity (Wildman–Crippen MR) is 84.8 cm³/mol. The molecule has 0 radical (unpaired) electrons. The molecule has 1 heterocycles. The molecular formula is C16H19BrN2O. The van der Waals surface area contributed by atoms with Crippen molar-refractivity contribution in [1.82, 2.24) is 10.3 Å². The van der Waals surface area contributed by atoms with Gasteiger partial charge >= 0.3 is 0 Å². The number of aryl methyl sites for hydroxylation is 1. The summed E-state index contributed by atoms with van der Waals surface area (Å²) in [7, 11) is 0. The molecule has 4 heteroatoms. The largest absolute Gasteiger partial charge is 0.487 e. The minimum Gasteiger partial charge on any atom is -0.487 e. The zero-order chi connectivity index (χ0) is 14.4. The molecule has 0 atom stereocenters. The van der Waals surface area contributed by atoms with Crippen molar-refractivity contribution in [2.45, 2.75) is 27.0 Å². The van der Waals surface area contributed by atoms with Gasteiger partial charge in [-0.2, -0.15) is 0 Å². The summed E-state index contributed by atoms with van der Waals surface area (Å²) in [6.45, 7) is 6.34. The zero-order valence-electron chi connectivity index (χ0n) is 11.8. The number of aromatic nitrogens is 1. The first-order valence-electron chi connectivity index (χ1n) is 6.73. The van der Waals surface area contributed by atoms with E-state index in [1.165, 1.54) is 0 Å². The number of rotatable bonds is 6. The van der Waals surface area contributed by atoms with Crippen LogP contribution >= 0.6 is 15.9 Å². The van der Waals surface area contributed by atoms with Crippen LogP contribution in [-0.4, -0.2) is 11.5 Å². The SMILES string of the molecule is CCNCc1cccc(COc2cc(Br)ccc2C)n1. The van der Waals surface area contributed by atoms with Gasteiger partial charge in [0.25, 0.3) is 0 Å². The van der Waals surface area contributed by atoms with Gasteiger partial charge in [-0.3, -0.25) is 4.98 Å². The van der Waals surface area contributed by atoms with Crippen LogP contribution in [0, 0.1) is 6.92 Å². The minimum absolute atomic E-state index is 0.483. The summed E-state index contributed by atoms with van der Waals surface area (Å²) in [5.41, 5.74) is 3.11. The highest BCUT2D eigenvalue weighted by molar-refractivity contribution is 9.10. The van der Waals surface area contributed by atoms with Crippen molar-refractivity contribution in [3.8, 4) is 5.75 Å². The van der Waals surface area contributed by atoms with E-state index in [-0.39, 0.29) is 0 Å². The van der Waals surface area contributed by atoms with Crippen LogP contribution in [0.5, 0.6) is 5.75 Å². The van der Waals surface area contributed by atoms with Crippen molar-refractivity contribution in [2.24, 2.45) is 0 Å². The maximum absolute atomic E-state index is 5.85. The first-order chi connectivity index (χ1) is 9.69. The number of nitrogens with zero attached hydrogens (tertiary/aromatic N) is 1. The summed E-state index contributed by atoms with van der Waals surface area (Å²) >= 11 is 3.46. The smallest absolute Gasteiger partial charge is 0.130 e. The molecule has 0 spiro atoms. The molecule has 0 aliphatic rings. The van der Waals surface area contributed by atoms with Crippen molar-refractivity contribution in [3.05, 3.63) is 57.8 Å². The summed E-state index contributed by atoms with van der Waals surface area (Å²) in [5.74, 6) is 0.887. The van der Waals surface area contributed by atoms with E-state index in [9.17, 15) is 0 Å². The van der Waals surface area contributed by atoms with E-state index in [0.717, 1.165) is 40.3 Å². The van der Waals surface area contributed by atoms with Gasteiger partial charge in [-0.15, -0.1) is 0 Å². The van der Waals surface area contributed by atoms with E-state index < -0.39 is 0 Å². The third-order valence-electron chi connectivity index (χ3n) is 2.95. The van der Waals surface area contributed by atoms with E-state index in [2.05, 4.69) is 33.2 Å². The van der Waals surface area contributed by atoms with Gasteiger partial charge in [0.1, 0.15) is 12.4 Å². The standard InChI is InChI=1S/C16H19BrN2O/c1-3-18-10-14-5-4-6-15(19-14)11-20-16-9-13(17)8-7-12(16)2/h4-9,18H,3,10-11H2,1-2H3. The molecule has 1 aromatic heterocycles. The quantitative estimate of drug-likeness (QED) is 0.871. The van der Waals surface area contributed by atoms with E-state index >= 15 is 0 Å². The van der Waals surface area contributed by atoms with Crippen LogP contribution < -0.4 is 10.1 Å². The number of halogens is 1. The molecule has 20 heavy (non-hydrogen) atoms. The molecule has 1 aromatic carbocycles. The average Bonchev–Trinajstić information content (AvgIpc) is 2.46. The Morgan fingerprint density at radius 2 is 2.00 bits per heavy atom. The van der Waals surface area contributed by atoms with Crippen LogP contribution in [0.25, 0.3) is 0 Å².